The number of benzene rings is 1. The maximum atomic E-state index is 12.2. The van der Waals surface area contributed by atoms with Gasteiger partial charge in [0.2, 0.25) is 0 Å². The Hall–Kier alpha value is -1.86. The normalized spacial score (nSPS) is 11.3. The molecule has 0 bridgehead atoms. The molecule has 0 fully saturated rings. The topological polar surface area (TPSA) is 51.5 Å². The van der Waals surface area contributed by atoms with Crippen LogP contribution < -0.4 is 10.1 Å². The Morgan fingerprint density at radius 2 is 1.95 bits per heavy atom. The molecule has 9 heteroatoms. The maximum absolute atomic E-state index is 12.2. The lowest BCUT2D eigenvalue weighted by atomic mass is 10.2. The molecule has 4 nitrogen and oxygen atoms in total. The highest BCUT2D eigenvalue weighted by atomic mass is 35.5. The summed E-state index contributed by atoms with van der Waals surface area (Å²) in [7, 11) is 0. The molecule has 0 unspecified atom stereocenters. The van der Waals surface area contributed by atoms with Gasteiger partial charge in [-0.05, 0) is 41.9 Å². The lowest BCUT2D eigenvalue weighted by molar-refractivity contribution is -0.153. The molecule has 0 radical (unpaired) electrons. The molecule has 1 amide bonds. The van der Waals surface area contributed by atoms with Gasteiger partial charge in [-0.15, -0.1) is 0 Å². The van der Waals surface area contributed by atoms with Gasteiger partial charge in [0.1, 0.15) is 5.75 Å². The molecule has 0 saturated heterocycles. The number of alkyl halides is 3. The molecule has 0 aliphatic heterocycles. The Labute approximate surface area is 132 Å². The van der Waals surface area contributed by atoms with Crippen LogP contribution in [0.5, 0.6) is 5.75 Å². The largest absolute Gasteiger partial charge is 0.482 e. The molecule has 0 spiro atoms. The van der Waals surface area contributed by atoms with E-state index in [0.717, 1.165) is 0 Å². The Morgan fingerprint density at radius 3 is 2.55 bits per heavy atom. The molecular formula is C13H8Cl2F3NO3. The molecule has 1 heterocycles. The van der Waals surface area contributed by atoms with Gasteiger partial charge >= 0.3 is 6.18 Å². The highest BCUT2D eigenvalue weighted by Crippen LogP contribution is 2.30. The highest BCUT2D eigenvalue weighted by molar-refractivity contribution is 6.31. The molecule has 118 valence electrons. The second-order valence-corrected chi connectivity index (χ2v) is 4.91. The predicted molar refractivity (Wildman–Crippen MR) is 74.7 cm³/mol. The van der Waals surface area contributed by atoms with Gasteiger partial charge in [-0.2, -0.15) is 13.2 Å². The summed E-state index contributed by atoms with van der Waals surface area (Å²) in [6.07, 6.45) is -4.50. The number of halogens is 5. The van der Waals surface area contributed by atoms with Crippen LogP contribution in [0.15, 0.2) is 34.7 Å². The summed E-state index contributed by atoms with van der Waals surface area (Å²) in [5.74, 6) is -0.981. The molecule has 22 heavy (non-hydrogen) atoms. The van der Waals surface area contributed by atoms with E-state index < -0.39 is 18.7 Å². The zero-order valence-corrected chi connectivity index (χ0v) is 12.2. The molecular weight excluding hydrogens is 346 g/mol. The van der Waals surface area contributed by atoms with Crippen molar-refractivity contribution in [1.29, 1.82) is 0 Å². The van der Waals surface area contributed by atoms with Crippen molar-refractivity contribution in [2.45, 2.75) is 6.18 Å². The summed E-state index contributed by atoms with van der Waals surface area (Å²) in [5, 5.41) is 2.57. The fourth-order valence-corrected chi connectivity index (χ4v) is 1.82. The van der Waals surface area contributed by atoms with Gasteiger partial charge in [0, 0.05) is 5.02 Å². The second-order valence-electron chi connectivity index (χ2n) is 4.10. The molecule has 2 rings (SSSR count). The fraction of sp³-hybridized carbons (Fsp3) is 0.154. The van der Waals surface area contributed by atoms with E-state index in [4.69, 9.17) is 27.6 Å². The Bertz CT molecular complexity index is 685. The molecule has 1 N–H and O–H groups in total. The Morgan fingerprint density at radius 1 is 1.23 bits per heavy atom. The Balaban J connectivity index is 2.18. The molecule has 0 aliphatic carbocycles. The highest BCUT2D eigenvalue weighted by Gasteiger charge is 2.29. The number of furan rings is 1. The maximum Gasteiger partial charge on any atom is 0.422 e. The molecule has 0 atom stereocenters. The van der Waals surface area contributed by atoms with Crippen molar-refractivity contribution >= 4 is 34.8 Å². The Kier molecular flexibility index (Phi) is 4.87. The molecule has 0 saturated carbocycles. The minimum absolute atomic E-state index is 0.00443. The molecule has 0 aliphatic rings. The van der Waals surface area contributed by atoms with Crippen molar-refractivity contribution in [3.63, 3.8) is 0 Å². The fourth-order valence-electron chi connectivity index (χ4n) is 1.51. The van der Waals surface area contributed by atoms with Gasteiger partial charge < -0.3 is 14.5 Å². The molecule has 1 aromatic carbocycles. The first-order valence-corrected chi connectivity index (χ1v) is 6.56. The van der Waals surface area contributed by atoms with Crippen LogP contribution >= 0.6 is 23.2 Å². The molecule has 1 aromatic heterocycles. The number of anilines is 1. The lowest BCUT2D eigenvalue weighted by Crippen LogP contribution is -2.20. The number of hydrogen-bond donors (Lipinski definition) is 1. The zero-order valence-electron chi connectivity index (χ0n) is 10.7. The third-order valence-corrected chi connectivity index (χ3v) is 2.82. The first-order valence-electron chi connectivity index (χ1n) is 5.80. The van der Waals surface area contributed by atoms with E-state index in [0.29, 0.717) is 0 Å². The summed E-state index contributed by atoms with van der Waals surface area (Å²) in [6, 6.07) is 6.50. The number of ether oxygens (including phenoxy) is 1. The monoisotopic (exact) mass is 353 g/mol. The van der Waals surface area contributed by atoms with E-state index in [2.05, 4.69) is 10.1 Å². The van der Waals surface area contributed by atoms with E-state index in [-0.39, 0.29) is 27.4 Å². The average molecular weight is 354 g/mol. The van der Waals surface area contributed by atoms with Crippen LogP contribution in [0.25, 0.3) is 0 Å². The van der Waals surface area contributed by atoms with Crippen LogP contribution in [0.2, 0.25) is 10.2 Å². The standard InChI is InChI=1S/C13H8Cl2F3NO3/c14-7-1-2-9(21-6-13(16,17)18)8(5-7)19-12(20)10-3-4-11(15)22-10/h1-5H,6H2,(H,19,20). The van der Waals surface area contributed by atoms with Crippen LogP contribution in [-0.4, -0.2) is 18.7 Å². The summed E-state index contributed by atoms with van der Waals surface area (Å²) in [5.41, 5.74) is -0.0192. The van der Waals surface area contributed by atoms with Gasteiger partial charge in [0.05, 0.1) is 5.69 Å². The van der Waals surface area contributed by atoms with Gasteiger partial charge in [-0.3, -0.25) is 4.79 Å². The average Bonchev–Trinajstić information content (AvgIpc) is 2.83. The third-order valence-electron chi connectivity index (χ3n) is 2.38. The minimum Gasteiger partial charge on any atom is -0.482 e. The summed E-state index contributed by atoms with van der Waals surface area (Å²) >= 11 is 11.3. The van der Waals surface area contributed by atoms with Crippen LogP contribution in [0.4, 0.5) is 18.9 Å². The van der Waals surface area contributed by atoms with Crippen molar-refractivity contribution in [2.75, 3.05) is 11.9 Å². The summed E-state index contributed by atoms with van der Waals surface area (Å²) in [6.45, 7) is -1.50. The summed E-state index contributed by atoms with van der Waals surface area (Å²) in [4.78, 5) is 11.9. The van der Waals surface area contributed by atoms with E-state index in [1.54, 1.807) is 0 Å². The number of carbonyl (C=O) groups excluding carboxylic acids is 1. The first-order chi connectivity index (χ1) is 10.2. The van der Waals surface area contributed by atoms with Gasteiger partial charge in [-0.1, -0.05) is 11.6 Å². The van der Waals surface area contributed by atoms with E-state index in [9.17, 15) is 18.0 Å². The number of hydrogen-bond acceptors (Lipinski definition) is 3. The van der Waals surface area contributed by atoms with Gasteiger partial charge in [-0.25, -0.2) is 0 Å². The van der Waals surface area contributed by atoms with Crippen LogP contribution in [0.1, 0.15) is 10.6 Å². The number of nitrogens with one attached hydrogen (secondary N) is 1. The summed E-state index contributed by atoms with van der Waals surface area (Å²) < 4.78 is 46.2. The van der Waals surface area contributed by atoms with Crippen LogP contribution in [0, 0.1) is 0 Å². The number of rotatable bonds is 4. The quantitative estimate of drug-likeness (QED) is 0.860. The van der Waals surface area contributed by atoms with Crippen LogP contribution in [-0.2, 0) is 0 Å². The molecule has 2 aromatic rings. The van der Waals surface area contributed by atoms with E-state index in [1.165, 1.54) is 30.3 Å². The predicted octanol–water partition coefficient (Wildman–Crippen LogP) is 4.78. The van der Waals surface area contributed by atoms with Crippen molar-refractivity contribution in [1.82, 2.24) is 0 Å². The second kappa shape index (κ2) is 6.50. The van der Waals surface area contributed by atoms with E-state index >= 15 is 0 Å². The number of carbonyl (C=O) groups is 1. The van der Waals surface area contributed by atoms with Crippen molar-refractivity contribution in [3.8, 4) is 5.75 Å². The van der Waals surface area contributed by atoms with Gasteiger partial charge in [0.25, 0.3) is 5.91 Å². The van der Waals surface area contributed by atoms with Crippen molar-refractivity contribution in [2.24, 2.45) is 0 Å². The number of amides is 1. The zero-order chi connectivity index (χ0) is 16.3. The van der Waals surface area contributed by atoms with Crippen molar-refractivity contribution in [3.05, 3.63) is 46.3 Å². The van der Waals surface area contributed by atoms with Gasteiger partial charge in [0.15, 0.2) is 17.6 Å². The third kappa shape index (κ3) is 4.57. The van der Waals surface area contributed by atoms with E-state index in [1.807, 2.05) is 0 Å². The van der Waals surface area contributed by atoms with Crippen molar-refractivity contribution < 1.29 is 27.1 Å². The SMILES string of the molecule is O=C(Nc1cc(Cl)ccc1OCC(F)(F)F)c1ccc(Cl)o1. The lowest BCUT2D eigenvalue weighted by Gasteiger charge is -2.13. The minimum atomic E-state index is -4.50. The van der Waals surface area contributed by atoms with Crippen LogP contribution in [0.3, 0.4) is 0 Å². The smallest absolute Gasteiger partial charge is 0.422 e. The first kappa shape index (κ1) is 16.5.